The van der Waals surface area contributed by atoms with E-state index in [1.807, 2.05) is 0 Å². The maximum Gasteiger partial charge on any atom is -0.00183 e. The minimum atomic E-state index is 1.12. The van der Waals surface area contributed by atoms with Crippen LogP contribution in [0.5, 0.6) is 0 Å². The molecule has 1 aliphatic heterocycles. The van der Waals surface area contributed by atoms with Gasteiger partial charge >= 0.3 is 0 Å². The summed E-state index contributed by atoms with van der Waals surface area (Å²) in [4.78, 5) is 2.64. The average molecular weight is 266 g/mol. The van der Waals surface area contributed by atoms with Gasteiger partial charge in [0.2, 0.25) is 0 Å². The molecule has 0 aromatic heterocycles. The van der Waals surface area contributed by atoms with Crippen molar-refractivity contribution in [1.82, 2.24) is 4.90 Å². The Morgan fingerprint density at radius 1 is 0.579 bits per heavy atom. The zero-order valence-corrected chi connectivity index (χ0v) is 13.2. The summed E-state index contributed by atoms with van der Waals surface area (Å²) in [6, 6.07) is 0. The summed E-state index contributed by atoms with van der Waals surface area (Å²) in [5.74, 6) is 0. The first-order valence-electron chi connectivity index (χ1n) is 8.95. The van der Waals surface area contributed by atoms with E-state index >= 15 is 0 Å². The molecule has 19 heavy (non-hydrogen) atoms. The highest BCUT2D eigenvalue weighted by Gasteiger charge is 2.09. The Bertz CT molecular complexity index is 173. The van der Waals surface area contributed by atoms with Crippen molar-refractivity contribution in [3.05, 3.63) is 6.92 Å². The number of nitrogens with zero attached hydrogens (tertiary/aromatic N) is 1. The lowest BCUT2D eigenvalue weighted by Gasteiger charge is -2.13. The third kappa shape index (κ3) is 10.4. The molecule has 0 amide bonds. The molecule has 0 unspecified atom stereocenters. The standard InChI is InChI=1S/C18H36N/c1-2-3-4-5-6-7-8-9-10-11-12-13-16-19-17-14-15-18-19/h1-18H2. The lowest BCUT2D eigenvalue weighted by Crippen LogP contribution is -2.20. The Labute approximate surface area is 122 Å². The van der Waals surface area contributed by atoms with E-state index in [1.54, 1.807) is 0 Å². The van der Waals surface area contributed by atoms with Crippen molar-refractivity contribution in [3.63, 3.8) is 0 Å². The smallest absolute Gasteiger partial charge is 0.00183 e. The van der Waals surface area contributed by atoms with E-state index in [2.05, 4.69) is 11.8 Å². The summed E-state index contributed by atoms with van der Waals surface area (Å²) in [5, 5.41) is 0. The minimum absolute atomic E-state index is 1.12. The molecule has 1 heteroatoms. The van der Waals surface area contributed by atoms with Crippen molar-refractivity contribution in [3.8, 4) is 0 Å². The first-order chi connectivity index (χ1) is 9.43. The Kier molecular flexibility index (Phi) is 11.6. The molecule has 1 heterocycles. The van der Waals surface area contributed by atoms with E-state index < -0.39 is 0 Å². The third-order valence-corrected chi connectivity index (χ3v) is 4.42. The van der Waals surface area contributed by atoms with Gasteiger partial charge in [0.25, 0.3) is 0 Å². The molecule has 1 fully saturated rings. The monoisotopic (exact) mass is 266 g/mol. The average Bonchev–Trinajstić information content (AvgIpc) is 2.93. The second-order valence-electron chi connectivity index (χ2n) is 6.29. The van der Waals surface area contributed by atoms with E-state index in [0.717, 1.165) is 6.42 Å². The van der Waals surface area contributed by atoms with Gasteiger partial charge in [0.15, 0.2) is 0 Å². The molecule has 1 radical (unpaired) electrons. The molecular weight excluding hydrogens is 230 g/mol. The summed E-state index contributed by atoms with van der Waals surface area (Å²) >= 11 is 0. The van der Waals surface area contributed by atoms with Gasteiger partial charge in [-0.05, 0) is 38.9 Å². The van der Waals surface area contributed by atoms with Crippen molar-refractivity contribution >= 4 is 0 Å². The van der Waals surface area contributed by atoms with Crippen LogP contribution in [0.2, 0.25) is 0 Å². The maximum atomic E-state index is 3.89. The summed E-state index contributed by atoms with van der Waals surface area (Å²) in [6.07, 6.45) is 19.9. The van der Waals surface area contributed by atoms with E-state index in [-0.39, 0.29) is 0 Å². The van der Waals surface area contributed by atoms with Gasteiger partial charge in [-0.1, -0.05) is 77.6 Å². The third-order valence-electron chi connectivity index (χ3n) is 4.42. The largest absolute Gasteiger partial charge is 0.303 e. The summed E-state index contributed by atoms with van der Waals surface area (Å²) < 4.78 is 0. The summed E-state index contributed by atoms with van der Waals surface area (Å²) in [5.41, 5.74) is 0. The summed E-state index contributed by atoms with van der Waals surface area (Å²) in [7, 11) is 0. The molecule has 0 N–H and O–H groups in total. The minimum Gasteiger partial charge on any atom is -0.303 e. The topological polar surface area (TPSA) is 3.24 Å². The van der Waals surface area contributed by atoms with Gasteiger partial charge < -0.3 is 4.90 Å². The molecule has 0 aromatic carbocycles. The van der Waals surface area contributed by atoms with Crippen LogP contribution in [0.15, 0.2) is 0 Å². The van der Waals surface area contributed by atoms with Gasteiger partial charge in [-0.15, -0.1) is 0 Å². The van der Waals surface area contributed by atoms with Crippen LogP contribution in [0.3, 0.4) is 0 Å². The first-order valence-corrected chi connectivity index (χ1v) is 8.95. The number of hydrogen-bond acceptors (Lipinski definition) is 1. The first kappa shape index (κ1) is 17.0. The molecule has 1 nitrogen and oxygen atoms in total. The molecule has 1 aliphatic rings. The predicted molar refractivity (Wildman–Crippen MR) is 86.4 cm³/mol. The fraction of sp³-hybridized carbons (Fsp3) is 0.944. The molecule has 0 aliphatic carbocycles. The normalized spacial score (nSPS) is 16.3. The number of likely N-dealkylation sites (tertiary alicyclic amines) is 1. The molecule has 0 aromatic rings. The maximum absolute atomic E-state index is 3.89. The van der Waals surface area contributed by atoms with Crippen molar-refractivity contribution in [2.75, 3.05) is 19.6 Å². The van der Waals surface area contributed by atoms with Crippen LogP contribution in [0, 0.1) is 6.92 Å². The number of unbranched alkanes of at least 4 members (excludes halogenated alkanes) is 11. The van der Waals surface area contributed by atoms with Crippen LogP contribution < -0.4 is 0 Å². The SMILES string of the molecule is [CH2]CCCCCCCCCCCCCN1CCCC1. The van der Waals surface area contributed by atoms with Gasteiger partial charge in [-0.3, -0.25) is 0 Å². The Morgan fingerprint density at radius 2 is 1.00 bits per heavy atom. The van der Waals surface area contributed by atoms with Gasteiger partial charge in [0, 0.05) is 0 Å². The quantitative estimate of drug-likeness (QED) is 0.392. The molecule has 113 valence electrons. The lowest BCUT2D eigenvalue weighted by molar-refractivity contribution is 0.327. The van der Waals surface area contributed by atoms with Crippen molar-refractivity contribution in [1.29, 1.82) is 0 Å². The molecule has 1 rings (SSSR count). The number of rotatable bonds is 13. The van der Waals surface area contributed by atoms with Crippen LogP contribution in [-0.2, 0) is 0 Å². The summed E-state index contributed by atoms with van der Waals surface area (Å²) in [6.45, 7) is 8.00. The molecule has 1 saturated heterocycles. The van der Waals surface area contributed by atoms with Gasteiger partial charge in [-0.2, -0.15) is 0 Å². The molecule has 0 atom stereocenters. The fourth-order valence-corrected chi connectivity index (χ4v) is 3.11. The highest BCUT2D eigenvalue weighted by molar-refractivity contribution is 4.65. The molecule has 0 spiro atoms. The van der Waals surface area contributed by atoms with Crippen molar-refractivity contribution < 1.29 is 0 Å². The number of hydrogen-bond donors (Lipinski definition) is 0. The highest BCUT2D eigenvalue weighted by atomic mass is 15.1. The molecule has 0 saturated carbocycles. The van der Waals surface area contributed by atoms with Crippen LogP contribution in [-0.4, -0.2) is 24.5 Å². The van der Waals surface area contributed by atoms with Crippen LogP contribution in [0.1, 0.15) is 89.9 Å². The molecule has 0 bridgehead atoms. The van der Waals surface area contributed by atoms with E-state index in [0.29, 0.717) is 0 Å². The predicted octanol–water partition coefficient (Wildman–Crippen LogP) is 5.60. The van der Waals surface area contributed by atoms with Crippen molar-refractivity contribution in [2.45, 2.75) is 89.9 Å². The second kappa shape index (κ2) is 13.0. The van der Waals surface area contributed by atoms with Crippen LogP contribution in [0.4, 0.5) is 0 Å². The lowest BCUT2D eigenvalue weighted by atomic mass is 10.1. The Hall–Kier alpha value is -0.0400. The zero-order valence-electron chi connectivity index (χ0n) is 13.2. The Balaban J connectivity index is 1.67. The van der Waals surface area contributed by atoms with Gasteiger partial charge in [-0.25, -0.2) is 0 Å². The van der Waals surface area contributed by atoms with Gasteiger partial charge in [0.05, 0.1) is 0 Å². The molecular formula is C18H36N. The highest BCUT2D eigenvalue weighted by Crippen LogP contribution is 2.13. The van der Waals surface area contributed by atoms with Gasteiger partial charge in [0.1, 0.15) is 0 Å². The van der Waals surface area contributed by atoms with Crippen LogP contribution >= 0.6 is 0 Å². The van der Waals surface area contributed by atoms with Crippen LogP contribution in [0.25, 0.3) is 0 Å². The van der Waals surface area contributed by atoms with E-state index in [4.69, 9.17) is 0 Å². The van der Waals surface area contributed by atoms with E-state index in [9.17, 15) is 0 Å². The van der Waals surface area contributed by atoms with E-state index in [1.165, 1.54) is 103 Å². The fourth-order valence-electron chi connectivity index (χ4n) is 3.11. The Morgan fingerprint density at radius 3 is 1.47 bits per heavy atom. The zero-order chi connectivity index (χ0) is 13.6. The second-order valence-corrected chi connectivity index (χ2v) is 6.29. The van der Waals surface area contributed by atoms with Crippen molar-refractivity contribution in [2.24, 2.45) is 0 Å².